The van der Waals surface area contributed by atoms with Crippen LogP contribution in [-0.2, 0) is 6.42 Å². The summed E-state index contributed by atoms with van der Waals surface area (Å²) in [4.78, 5) is 17.8. The molecule has 0 spiro atoms. The van der Waals surface area contributed by atoms with E-state index in [-0.39, 0.29) is 17.2 Å². The largest absolute Gasteiger partial charge is 0.323 e. The lowest BCUT2D eigenvalue weighted by Gasteiger charge is -2.07. The van der Waals surface area contributed by atoms with Crippen molar-refractivity contribution in [3.8, 4) is 0 Å². The molecule has 0 aliphatic rings. The number of hydrogen-bond donors (Lipinski definition) is 2. The zero-order valence-electron chi connectivity index (χ0n) is 9.63. The van der Waals surface area contributed by atoms with Gasteiger partial charge in [-0.3, -0.25) is 9.78 Å². The van der Waals surface area contributed by atoms with E-state index in [1.807, 2.05) is 6.92 Å². The van der Waals surface area contributed by atoms with E-state index in [2.05, 4.69) is 15.3 Å². The first-order valence-electron chi connectivity index (χ1n) is 5.41. The first-order chi connectivity index (χ1) is 8.58. The van der Waals surface area contributed by atoms with Crippen molar-refractivity contribution in [2.45, 2.75) is 13.3 Å². The minimum atomic E-state index is -0.624. The van der Waals surface area contributed by atoms with Crippen LogP contribution in [0.1, 0.15) is 12.6 Å². The van der Waals surface area contributed by atoms with Crippen LogP contribution in [0.3, 0.4) is 0 Å². The predicted molar refractivity (Wildman–Crippen MR) is 63.9 cm³/mol. The minimum Gasteiger partial charge on any atom is -0.323 e. The summed E-state index contributed by atoms with van der Waals surface area (Å²) in [6.45, 7) is 1.84. The van der Waals surface area contributed by atoms with Crippen LogP contribution < -0.4 is 10.9 Å². The van der Waals surface area contributed by atoms with E-state index < -0.39 is 11.6 Å². The summed E-state index contributed by atoms with van der Waals surface area (Å²) in [5, 5.41) is 2.55. The van der Waals surface area contributed by atoms with Crippen LogP contribution in [0.25, 0.3) is 0 Å². The number of benzene rings is 1. The van der Waals surface area contributed by atoms with Gasteiger partial charge in [-0.1, -0.05) is 6.92 Å². The third-order valence-electron chi connectivity index (χ3n) is 2.34. The SMILES string of the molecule is CCc1cc(=O)[nH]c(Nc2cc(F)ccc2F)n1. The Labute approximate surface area is 102 Å². The molecule has 0 bridgehead atoms. The zero-order chi connectivity index (χ0) is 13.1. The Morgan fingerprint density at radius 1 is 1.33 bits per heavy atom. The molecule has 0 amide bonds. The fourth-order valence-corrected chi connectivity index (χ4v) is 1.47. The van der Waals surface area contributed by atoms with Gasteiger partial charge < -0.3 is 5.32 Å². The van der Waals surface area contributed by atoms with E-state index in [0.717, 1.165) is 18.2 Å². The average molecular weight is 251 g/mol. The highest BCUT2D eigenvalue weighted by Crippen LogP contribution is 2.18. The fourth-order valence-electron chi connectivity index (χ4n) is 1.47. The van der Waals surface area contributed by atoms with E-state index in [1.165, 1.54) is 6.07 Å². The molecule has 1 aromatic carbocycles. The van der Waals surface area contributed by atoms with E-state index >= 15 is 0 Å². The molecule has 0 aliphatic heterocycles. The number of aromatic nitrogens is 2. The third-order valence-corrected chi connectivity index (χ3v) is 2.34. The van der Waals surface area contributed by atoms with Crippen molar-refractivity contribution >= 4 is 11.6 Å². The molecule has 4 nitrogen and oxygen atoms in total. The van der Waals surface area contributed by atoms with E-state index in [4.69, 9.17) is 0 Å². The Kier molecular flexibility index (Phi) is 3.36. The molecule has 2 N–H and O–H groups in total. The summed E-state index contributed by atoms with van der Waals surface area (Å²) < 4.78 is 26.4. The van der Waals surface area contributed by atoms with Crippen molar-refractivity contribution < 1.29 is 8.78 Å². The van der Waals surface area contributed by atoms with Crippen molar-refractivity contribution in [1.29, 1.82) is 0 Å². The molecule has 0 aliphatic carbocycles. The molecule has 1 heterocycles. The van der Waals surface area contributed by atoms with Crippen LogP contribution in [0.5, 0.6) is 0 Å². The summed E-state index contributed by atoms with van der Waals surface area (Å²) in [5.41, 5.74) is 0.144. The second-order valence-electron chi connectivity index (χ2n) is 3.69. The molecule has 94 valence electrons. The van der Waals surface area contributed by atoms with Crippen LogP contribution in [0.15, 0.2) is 29.1 Å². The van der Waals surface area contributed by atoms with Crippen LogP contribution in [-0.4, -0.2) is 9.97 Å². The van der Waals surface area contributed by atoms with Crippen LogP contribution >= 0.6 is 0 Å². The second-order valence-corrected chi connectivity index (χ2v) is 3.69. The van der Waals surface area contributed by atoms with Gasteiger partial charge in [0.25, 0.3) is 5.56 Å². The van der Waals surface area contributed by atoms with Gasteiger partial charge in [-0.05, 0) is 18.6 Å². The number of anilines is 2. The van der Waals surface area contributed by atoms with Gasteiger partial charge in [0.15, 0.2) is 0 Å². The van der Waals surface area contributed by atoms with E-state index in [1.54, 1.807) is 0 Å². The number of nitrogens with zero attached hydrogens (tertiary/aromatic N) is 1. The molecule has 0 saturated carbocycles. The molecule has 1 aromatic heterocycles. The summed E-state index contributed by atoms with van der Waals surface area (Å²) in [6.07, 6.45) is 0.574. The van der Waals surface area contributed by atoms with Crippen molar-refractivity contribution in [3.63, 3.8) is 0 Å². The Hall–Kier alpha value is -2.24. The maximum atomic E-state index is 13.4. The molecule has 0 atom stereocenters. The molecule has 18 heavy (non-hydrogen) atoms. The smallest absolute Gasteiger partial charge is 0.252 e. The first kappa shape index (κ1) is 12.2. The summed E-state index contributed by atoms with van der Waals surface area (Å²) >= 11 is 0. The molecule has 0 radical (unpaired) electrons. The third kappa shape index (κ3) is 2.71. The summed E-state index contributed by atoms with van der Waals surface area (Å²) in [7, 11) is 0. The van der Waals surface area contributed by atoms with Gasteiger partial charge in [0.05, 0.1) is 5.69 Å². The van der Waals surface area contributed by atoms with Crippen LogP contribution in [0, 0.1) is 11.6 Å². The predicted octanol–water partition coefficient (Wildman–Crippen LogP) is 2.35. The molecule has 2 rings (SSSR count). The van der Waals surface area contributed by atoms with Crippen molar-refractivity contribution in [2.75, 3.05) is 5.32 Å². The number of aromatic amines is 1. The van der Waals surface area contributed by atoms with E-state index in [9.17, 15) is 13.6 Å². The Bertz CT molecular complexity index is 625. The number of H-pyrrole nitrogens is 1. The van der Waals surface area contributed by atoms with Gasteiger partial charge in [0, 0.05) is 17.8 Å². The fraction of sp³-hybridized carbons (Fsp3) is 0.167. The van der Waals surface area contributed by atoms with Crippen LogP contribution in [0.2, 0.25) is 0 Å². The Morgan fingerprint density at radius 2 is 2.11 bits per heavy atom. The lowest BCUT2D eigenvalue weighted by molar-refractivity contribution is 0.603. The highest BCUT2D eigenvalue weighted by atomic mass is 19.1. The quantitative estimate of drug-likeness (QED) is 0.880. The van der Waals surface area contributed by atoms with E-state index in [0.29, 0.717) is 12.1 Å². The Balaban J connectivity index is 2.36. The number of hydrogen-bond acceptors (Lipinski definition) is 3. The van der Waals surface area contributed by atoms with Crippen molar-refractivity contribution in [2.24, 2.45) is 0 Å². The minimum absolute atomic E-state index is 0.0774. The standard InChI is InChI=1S/C12H11F2N3O/c1-2-8-6-11(18)17-12(15-8)16-10-5-7(13)3-4-9(10)14/h3-6H,2H2,1H3,(H2,15,16,17,18). The lowest BCUT2D eigenvalue weighted by Crippen LogP contribution is -2.12. The highest BCUT2D eigenvalue weighted by molar-refractivity contribution is 5.53. The molecule has 0 saturated heterocycles. The average Bonchev–Trinajstić information content (AvgIpc) is 2.33. The maximum Gasteiger partial charge on any atom is 0.252 e. The second kappa shape index (κ2) is 4.95. The maximum absolute atomic E-state index is 13.4. The molecule has 0 fully saturated rings. The van der Waals surface area contributed by atoms with Gasteiger partial charge in [-0.15, -0.1) is 0 Å². The van der Waals surface area contributed by atoms with Gasteiger partial charge in [-0.25, -0.2) is 13.8 Å². The van der Waals surface area contributed by atoms with Gasteiger partial charge in [0.1, 0.15) is 11.6 Å². The first-order valence-corrected chi connectivity index (χ1v) is 5.41. The molecule has 0 unspecified atom stereocenters. The van der Waals surface area contributed by atoms with Gasteiger partial charge >= 0.3 is 0 Å². The Morgan fingerprint density at radius 3 is 2.83 bits per heavy atom. The molecule has 6 heteroatoms. The topological polar surface area (TPSA) is 57.8 Å². The zero-order valence-corrected chi connectivity index (χ0v) is 9.63. The van der Waals surface area contributed by atoms with Crippen LogP contribution in [0.4, 0.5) is 20.4 Å². The number of nitrogens with one attached hydrogen (secondary N) is 2. The molecular weight excluding hydrogens is 240 g/mol. The number of aryl methyl sites for hydroxylation is 1. The number of halogens is 2. The molecule has 2 aromatic rings. The van der Waals surface area contributed by atoms with Gasteiger partial charge in [0.2, 0.25) is 5.95 Å². The van der Waals surface area contributed by atoms with Crippen molar-refractivity contribution in [3.05, 3.63) is 51.9 Å². The highest BCUT2D eigenvalue weighted by Gasteiger charge is 2.06. The summed E-state index contributed by atoms with van der Waals surface area (Å²) in [6, 6.07) is 4.36. The molecular formula is C12H11F2N3O. The normalized spacial score (nSPS) is 10.4. The lowest BCUT2D eigenvalue weighted by atomic mass is 10.3. The number of rotatable bonds is 3. The monoisotopic (exact) mass is 251 g/mol. The van der Waals surface area contributed by atoms with Gasteiger partial charge in [-0.2, -0.15) is 0 Å². The van der Waals surface area contributed by atoms with Crippen molar-refractivity contribution in [1.82, 2.24) is 9.97 Å². The summed E-state index contributed by atoms with van der Waals surface area (Å²) in [5.74, 6) is -1.11.